The van der Waals surface area contributed by atoms with Gasteiger partial charge in [0.05, 0.1) is 0 Å². The monoisotopic (exact) mass is 434 g/mol. The van der Waals surface area contributed by atoms with Crippen molar-refractivity contribution in [2.45, 2.75) is 13.2 Å². The van der Waals surface area contributed by atoms with Crippen LogP contribution in [-0.2, 0) is 22.7 Å². The van der Waals surface area contributed by atoms with Crippen LogP contribution in [0.3, 0.4) is 0 Å². The highest BCUT2D eigenvalue weighted by molar-refractivity contribution is 7.13. The van der Waals surface area contributed by atoms with Crippen molar-refractivity contribution >= 4 is 40.4 Å². The molecule has 29 heavy (non-hydrogen) atoms. The molecular formula is C19H16ClFN4O3S. The number of ether oxygens (including phenoxy) is 1. The molecule has 0 atom stereocenters. The molecule has 1 aromatic heterocycles. The molecule has 0 unspecified atom stereocenters. The van der Waals surface area contributed by atoms with Crippen LogP contribution in [0.15, 0.2) is 48.5 Å². The summed E-state index contributed by atoms with van der Waals surface area (Å²) in [5, 5.41) is 14.1. The summed E-state index contributed by atoms with van der Waals surface area (Å²) >= 11 is 6.92. The van der Waals surface area contributed by atoms with Gasteiger partial charge < -0.3 is 15.4 Å². The number of hydrogen-bond acceptors (Lipinski definition) is 6. The Morgan fingerprint density at radius 3 is 2.76 bits per heavy atom. The number of rotatable bonds is 8. The zero-order chi connectivity index (χ0) is 20.6. The van der Waals surface area contributed by atoms with E-state index in [1.807, 2.05) is 6.07 Å². The average Bonchev–Trinajstić information content (AvgIpc) is 3.16. The average molecular weight is 435 g/mol. The van der Waals surface area contributed by atoms with Gasteiger partial charge in [0.25, 0.3) is 5.91 Å². The van der Waals surface area contributed by atoms with E-state index in [1.165, 1.54) is 18.2 Å². The first-order valence-electron chi connectivity index (χ1n) is 8.48. The quantitative estimate of drug-likeness (QED) is 0.566. The van der Waals surface area contributed by atoms with E-state index in [-0.39, 0.29) is 24.1 Å². The zero-order valence-corrected chi connectivity index (χ0v) is 16.6. The summed E-state index contributed by atoms with van der Waals surface area (Å²) in [6.45, 7) is 0.215. The molecule has 2 aromatic carbocycles. The smallest absolute Gasteiger partial charge is 0.286 e. The Labute approximate surface area is 174 Å². The topological polar surface area (TPSA) is 93.2 Å². The van der Waals surface area contributed by atoms with Gasteiger partial charge in [-0.1, -0.05) is 41.1 Å². The number of nitrogens with zero attached hydrogens (tertiary/aromatic N) is 2. The van der Waals surface area contributed by atoms with Crippen molar-refractivity contribution in [3.05, 3.63) is 74.9 Å². The molecular weight excluding hydrogens is 419 g/mol. The van der Waals surface area contributed by atoms with E-state index >= 15 is 0 Å². The summed E-state index contributed by atoms with van der Waals surface area (Å²) in [5.41, 5.74) is 1.20. The number of benzene rings is 2. The van der Waals surface area contributed by atoms with Crippen molar-refractivity contribution in [2.24, 2.45) is 0 Å². The normalized spacial score (nSPS) is 10.6. The van der Waals surface area contributed by atoms with E-state index in [2.05, 4.69) is 20.8 Å². The molecule has 0 aliphatic carbocycles. The van der Waals surface area contributed by atoms with Crippen molar-refractivity contribution in [1.29, 1.82) is 0 Å². The molecule has 0 fully saturated rings. The number of nitrogens with one attached hydrogen (secondary N) is 2. The van der Waals surface area contributed by atoms with E-state index in [0.29, 0.717) is 22.3 Å². The van der Waals surface area contributed by atoms with Crippen LogP contribution >= 0.6 is 22.9 Å². The Bertz CT molecular complexity index is 1010. The number of anilines is 1. The molecule has 0 radical (unpaired) electrons. The fourth-order valence-electron chi connectivity index (χ4n) is 2.28. The van der Waals surface area contributed by atoms with Crippen molar-refractivity contribution in [2.75, 3.05) is 11.9 Å². The van der Waals surface area contributed by atoms with Gasteiger partial charge in [-0.3, -0.25) is 9.59 Å². The second-order valence-corrected chi connectivity index (χ2v) is 7.36. The molecule has 0 aliphatic heterocycles. The Morgan fingerprint density at radius 2 is 1.97 bits per heavy atom. The van der Waals surface area contributed by atoms with E-state index in [4.69, 9.17) is 16.3 Å². The van der Waals surface area contributed by atoms with Crippen LogP contribution in [0.25, 0.3) is 0 Å². The van der Waals surface area contributed by atoms with Crippen LogP contribution in [0.5, 0.6) is 0 Å². The lowest BCUT2D eigenvalue weighted by atomic mass is 10.2. The molecule has 10 heteroatoms. The van der Waals surface area contributed by atoms with Gasteiger partial charge >= 0.3 is 0 Å². The molecule has 0 spiro atoms. The second kappa shape index (κ2) is 10.1. The number of amides is 2. The van der Waals surface area contributed by atoms with E-state index in [0.717, 1.165) is 16.9 Å². The number of carbonyl (C=O) groups excluding carboxylic acids is 2. The fourth-order valence-corrected chi connectivity index (χ4v) is 3.17. The van der Waals surface area contributed by atoms with Crippen molar-refractivity contribution in [3.8, 4) is 0 Å². The van der Waals surface area contributed by atoms with Crippen molar-refractivity contribution in [3.63, 3.8) is 0 Å². The van der Waals surface area contributed by atoms with Crippen LogP contribution in [0.2, 0.25) is 5.02 Å². The highest BCUT2D eigenvalue weighted by Gasteiger charge is 2.14. The van der Waals surface area contributed by atoms with Gasteiger partial charge in [0, 0.05) is 17.3 Å². The maximum atomic E-state index is 13.2. The van der Waals surface area contributed by atoms with E-state index in [1.54, 1.807) is 24.3 Å². The van der Waals surface area contributed by atoms with Crippen molar-refractivity contribution in [1.82, 2.24) is 15.5 Å². The number of carbonyl (C=O) groups is 2. The van der Waals surface area contributed by atoms with Gasteiger partial charge in [0.2, 0.25) is 10.9 Å². The van der Waals surface area contributed by atoms with Gasteiger partial charge in [0.1, 0.15) is 24.0 Å². The largest absolute Gasteiger partial charge is 0.364 e. The standard InChI is InChI=1S/C19H16ClFN4O3S/c20-13-4-1-3-12(7-13)9-22-16(26)10-28-11-17-24-25-19(29-17)18(27)23-15-6-2-5-14(21)8-15/h1-8H,9-11H2,(H,22,26)(H,23,27). The first kappa shape index (κ1) is 20.8. The highest BCUT2D eigenvalue weighted by atomic mass is 35.5. The van der Waals surface area contributed by atoms with Crippen LogP contribution in [0.1, 0.15) is 20.4 Å². The van der Waals surface area contributed by atoms with Gasteiger partial charge in [-0.15, -0.1) is 10.2 Å². The number of aromatic nitrogens is 2. The lowest BCUT2D eigenvalue weighted by molar-refractivity contribution is -0.126. The molecule has 3 aromatic rings. The Hall–Kier alpha value is -2.88. The summed E-state index contributed by atoms with van der Waals surface area (Å²) in [6, 6.07) is 12.7. The summed E-state index contributed by atoms with van der Waals surface area (Å²) in [6.07, 6.45) is 0. The zero-order valence-electron chi connectivity index (χ0n) is 15.0. The summed E-state index contributed by atoms with van der Waals surface area (Å²) < 4.78 is 18.5. The van der Waals surface area contributed by atoms with Gasteiger partial charge in [-0.25, -0.2) is 4.39 Å². The molecule has 1 heterocycles. The summed E-state index contributed by atoms with van der Waals surface area (Å²) in [7, 11) is 0. The maximum absolute atomic E-state index is 13.2. The summed E-state index contributed by atoms with van der Waals surface area (Å²) in [5.74, 6) is -1.25. The molecule has 0 saturated carbocycles. The molecule has 2 amide bonds. The number of halogens is 2. The second-order valence-electron chi connectivity index (χ2n) is 5.86. The summed E-state index contributed by atoms with van der Waals surface area (Å²) in [4.78, 5) is 24.0. The van der Waals surface area contributed by atoms with Gasteiger partial charge in [-0.2, -0.15) is 0 Å². The third-order valence-corrected chi connectivity index (χ3v) is 4.71. The minimum atomic E-state index is -0.501. The first-order chi connectivity index (χ1) is 14.0. The Morgan fingerprint density at radius 1 is 1.14 bits per heavy atom. The lowest BCUT2D eigenvalue weighted by Gasteiger charge is -2.06. The van der Waals surface area contributed by atoms with Crippen LogP contribution in [-0.4, -0.2) is 28.6 Å². The SMILES string of the molecule is O=C(COCc1nnc(C(=O)Nc2cccc(F)c2)s1)NCc1cccc(Cl)c1. The van der Waals surface area contributed by atoms with Crippen LogP contribution in [0.4, 0.5) is 10.1 Å². The first-order valence-corrected chi connectivity index (χ1v) is 9.67. The van der Waals surface area contributed by atoms with Gasteiger partial charge in [-0.05, 0) is 35.9 Å². The lowest BCUT2D eigenvalue weighted by Crippen LogP contribution is -2.27. The predicted molar refractivity (Wildman–Crippen MR) is 107 cm³/mol. The van der Waals surface area contributed by atoms with Crippen LogP contribution in [0, 0.1) is 5.82 Å². The third-order valence-electron chi connectivity index (χ3n) is 3.58. The van der Waals surface area contributed by atoms with Crippen LogP contribution < -0.4 is 10.6 Å². The number of hydrogen-bond donors (Lipinski definition) is 2. The molecule has 0 aliphatic rings. The van der Waals surface area contributed by atoms with Crippen molar-refractivity contribution < 1.29 is 18.7 Å². The Kier molecular flexibility index (Phi) is 7.23. The molecule has 7 nitrogen and oxygen atoms in total. The van der Waals surface area contributed by atoms with E-state index < -0.39 is 11.7 Å². The molecule has 0 bridgehead atoms. The predicted octanol–water partition coefficient (Wildman–Crippen LogP) is 3.42. The minimum absolute atomic E-state index is 0.0372. The molecule has 3 rings (SSSR count). The minimum Gasteiger partial charge on any atom is -0.364 e. The highest BCUT2D eigenvalue weighted by Crippen LogP contribution is 2.15. The van der Waals surface area contributed by atoms with Gasteiger partial charge in [0.15, 0.2) is 0 Å². The molecule has 150 valence electrons. The Balaban J connectivity index is 1.41. The van der Waals surface area contributed by atoms with E-state index in [9.17, 15) is 14.0 Å². The third kappa shape index (κ3) is 6.60. The molecule has 0 saturated heterocycles. The maximum Gasteiger partial charge on any atom is 0.286 e. The molecule has 2 N–H and O–H groups in total. The fraction of sp³-hybridized carbons (Fsp3) is 0.158.